The van der Waals surface area contributed by atoms with Crippen LogP contribution in [0.25, 0.3) is 88.2 Å². The Kier molecular flexibility index (Phi) is 24.3. The lowest BCUT2D eigenvalue weighted by atomic mass is 9.99. The number of anilines is 8. The molecule has 4 aliphatic rings. The van der Waals surface area contributed by atoms with Gasteiger partial charge >= 0.3 is 0 Å². The number of pyridine rings is 5. The molecule has 0 bridgehead atoms. The number of rotatable bonds is 16. The predicted molar refractivity (Wildman–Crippen MR) is 503 cm³/mol. The summed E-state index contributed by atoms with van der Waals surface area (Å²) in [7, 11) is -13.2. The first-order chi connectivity index (χ1) is 62.1. The summed E-state index contributed by atoms with van der Waals surface area (Å²) in [6.07, 6.45) is 8.70. The van der Waals surface area contributed by atoms with Crippen LogP contribution >= 0.6 is 23.2 Å². The van der Waals surface area contributed by atoms with Gasteiger partial charge in [-0.25, -0.2) is 47.4 Å². The second-order valence-electron chi connectivity index (χ2n) is 30.2. The lowest BCUT2D eigenvalue weighted by Crippen LogP contribution is -2.47. The number of nitrogens with one attached hydrogen (secondary N) is 4. The molecular formula is C96H73Cl2F2N13O12S4. The number of aromatic nitrogens is 5. The third kappa shape index (κ3) is 18.6. The number of carbonyl (C=O) groups is 4. The van der Waals surface area contributed by atoms with Gasteiger partial charge in [-0.2, -0.15) is 0 Å². The van der Waals surface area contributed by atoms with Crippen LogP contribution in [-0.4, -0.2) is 131 Å². The van der Waals surface area contributed by atoms with Gasteiger partial charge in [0.05, 0.1) is 106 Å². The van der Waals surface area contributed by atoms with Crippen molar-refractivity contribution < 1.29 is 61.6 Å². The van der Waals surface area contributed by atoms with Crippen molar-refractivity contribution in [3.8, 4) is 45.0 Å². The van der Waals surface area contributed by atoms with Crippen LogP contribution < -0.4 is 38.5 Å². The smallest absolute Gasteiger partial charge is 0.258 e. The minimum atomic E-state index is -3.36. The number of carbonyl (C=O) groups excluding carboxylic acids is 4. The lowest BCUT2D eigenvalue weighted by Gasteiger charge is -2.32. The van der Waals surface area contributed by atoms with Crippen molar-refractivity contribution in [2.75, 3.05) is 87.7 Å². The van der Waals surface area contributed by atoms with E-state index in [-0.39, 0.29) is 78.5 Å². The molecule has 4 fully saturated rings. The summed E-state index contributed by atoms with van der Waals surface area (Å²) in [6.45, 7) is 3.41. The number of benzene rings is 11. The molecule has 4 saturated heterocycles. The van der Waals surface area contributed by atoms with Gasteiger partial charge in [-0.05, 0) is 186 Å². The number of halogens is 4. The minimum Gasteiger partial charge on any atom is -0.322 e. The molecule has 9 heterocycles. The van der Waals surface area contributed by atoms with E-state index in [0.717, 1.165) is 115 Å². The fourth-order valence-corrected chi connectivity index (χ4v) is 19.9. The summed E-state index contributed by atoms with van der Waals surface area (Å²) in [6, 6.07) is 79.7. The van der Waals surface area contributed by atoms with Gasteiger partial charge in [0.15, 0.2) is 0 Å². The summed E-state index contributed by atoms with van der Waals surface area (Å²) < 4.78 is 128. The monoisotopic (exact) mass is 1840 g/mol. The van der Waals surface area contributed by atoms with E-state index < -0.39 is 63.5 Å². The van der Waals surface area contributed by atoms with Gasteiger partial charge in [0.25, 0.3) is 23.6 Å². The zero-order valence-corrected chi connectivity index (χ0v) is 72.9. The zero-order chi connectivity index (χ0) is 90.0. The van der Waals surface area contributed by atoms with Crippen LogP contribution in [0.4, 0.5) is 54.3 Å². The largest absolute Gasteiger partial charge is 0.322 e. The molecule has 4 N–H and O–H groups in total. The Labute approximate surface area is 749 Å². The van der Waals surface area contributed by atoms with Gasteiger partial charge < -0.3 is 21.3 Å². The normalized spacial score (nSPS) is 14.7. The van der Waals surface area contributed by atoms with Crippen molar-refractivity contribution in [3.05, 3.63) is 353 Å². The SMILES string of the molecule is Cc1ccc(NC(=O)c2ccc(N3CCS3(=O)=O)cc2F)cc1-c1nccc2ccccc12.O=C(Nc1cccc(-c2ccc3cnccc3n2)c1)c1ccc(N2CCS2(=O)=O)cc1Cl.O=C(Nc1cccc(-c2nccc3ccccc23)c1)c1ccc(N2CCS2(=O)=O)cc1Cl.O=C(Nc1cccc(-c2nccc3ccccc23)c1)c1ccc(N2CCS2(=O)=O)cc1F. The fourth-order valence-electron chi connectivity index (χ4n) is 15.0. The van der Waals surface area contributed by atoms with E-state index in [0.29, 0.717) is 60.3 Å². The van der Waals surface area contributed by atoms with Gasteiger partial charge in [-0.3, -0.25) is 56.3 Å². The summed E-state index contributed by atoms with van der Waals surface area (Å²) >= 11 is 12.6. The molecule has 4 aliphatic heterocycles. The van der Waals surface area contributed by atoms with Crippen molar-refractivity contribution in [3.63, 3.8) is 0 Å². The molecule has 25 nitrogen and oxygen atoms in total. The van der Waals surface area contributed by atoms with E-state index in [2.05, 4.69) is 46.2 Å². The molecular weight excluding hydrogens is 1760 g/mol. The van der Waals surface area contributed by atoms with E-state index in [9.17, 15) is 61.6 Å². The van der Waals surface area contributed by atoms with Crippen molar-refractivity contribution in [2.45, 2.75) is 6.92 Å². The fraction of sp³-hybridized carbons (Fsp3) is 0.0938. The molecule has 0 aliphatic carbocycles. The van der Waals surface area contributed by atoms with Crippen molar-refractivity contribution in [1.29, 1.82) is 0 Å². The number of hydrogen-bond acceptors (Lipinski definition) is 17. The molecule has 5 aromatic heterocycles. The molecule has 646 valence electrons. The maximum Gasteiger partial charge on any atom is 0.258 e. The number of aryl methyl sites for hydroxylation is 1. The Morgan fingerprint density at radius 2 is 0.705 bits per heavy atom. The number of sulfonamides is 4. The maximum atomic E-state index is 14.7. The highest BCUT2D eigenvalue weighted by molar-refractivity contribution is 7.95. The first-order valence-corrected chi connectivity index (χ1v) is 47.4. The molecule has 0 spiro atoms. The molecule has 0 saturated carbocycles. The van der Waals surface area contributed by atoms with Crippen LogP contribution in [0.2, 0.25) is 10.0 Å². The van der Waals surface area contributed by atoms with Crippen LogP contribution in [-0.2, 0) is 40.1 Å². The molecule has 11 aromatic carbocycles. The number of amides is 4. The van der Waals surface area contributed by atoms with Gasteiger partial charge in [-0.15, -0.1) is 0 Å². The summed E-state index contributed by atoms with van der Waals surface area (Å²) in [4.78, 5) is 73.4. The Morgan fingerprint density at radius 1 is 0.341 bits per heavy atom. The molecule has 20 rings (SSSR count). The van der Waals surface area contributed by atoms with E-state index >= 15 is 0 Å². The van der Waals surface area contributed by atoms with Gasteiger partial charge in [-0.1, -0.05) is 138 Å². The van der Waals surface area contributed by atoms with Gasteiger partial charge in [0.2, 0.25) is 40.1 Å². The average molecular weight is 1840 g/mol. The minimum absolute atomic E-state index is 0.0399. The summed E-state index contributed by atoms with van der Waals surface area (Å²) in [5, 5.41) is 18.7. The first kappa shape index (κ1) is 86.6. The van der Waals surface area contributed by atoms with E-state index in [1.165, 1.54) is 57.1 Å². The second kappa shape index (κ2) is 36.1. The van der Waals surface area contributed by atoms with Crippen molar-refractivity contribution >= 4 is 176 Å². The third-order valence-electron chi connectivity index (χ3n) is 22.0. The van der Waals surface area contributed by atoms with Crippen LogP contribution in [0.1, 0.15) is 47.0 Å². The van der Waals surface area contributed by atoms with Gasteiger partial charge in [0.1, 0.15) is 11.6 Å². The van der Waals surface area contributed by atoms with E-state index in [4.69, 9.17) is 23.2 Å². The number of fused-ring (bicyclic) bond motifs is 4. The molecule has 33 heteroatoms. The Morgan fingerprint density at radius 3 is 1.10 bits per heavy atom. The quantitative estimate of drug-likeness (QED) is 0.0698. The molecule has 0 radical (unpaired) electrons. The number of nitrogens with zero attached hydrogens (tertiary/aromatic N) is 9. The topological polar surface area (TPSA) is 330 Å². The second-order valence-corrected chi connectivity index (χ2v) is 39.1. The van der Waals surface area contributed by atoms with Gasteiger partial charge in [0, 0.05) is 124 Å². The van der Waals surface area contributed by atoms with Crippen molar-refractivity contribution in [2.24, 2.45) is 0 Å². The summed E-state index contributed by atoms with van der Waals surface area (Å²) in [5.74, 6) is -3.25. The summed E-state index contributed by atoms with van der Waals surface area (Å²) in [5.41, 5.74) is 12.2. The molecule has 16 aromatic rings. The maximum absolute atomic E-state index is 14.7. The Hall–Kier alpha value is -14.5. The first-order valence-electron chi connectivity index (χ1n) is 40.2. The van der Waals surface area contributed by atoms with Crippen LogP contribution in [0, 0.1) is 18.6 Å². The molecule has 129 heavy (non-hydrogen) atoms. The van der Waals surface area contributed by atoms with E-state index in [1.807, 2.05) is 171 Å². The standard InChI is InChI=1S/C25H20FN3O3S.C24H18ClN3O3S.C24H18FN3O3S.C23H17ClN4O3S/c1-16-6-7-18(14-22(16)24-20-5-3-2-4-17(20)10-11-27-24)28-25(30)21-9-8-19(15-23(21)26)29-12-13-33(29,31)32;2*25-22-15-19(28-12-13-32(28,30)31)8-9-21(22)24(29)27-18-6-3-5-17(14-18)23-20-7-2-1-4-16(20)10-11-26-23;24-20-13-18(28-10-11-32(28,30)31)5-6-19(20)23(29)26-17-3-1-2-15(12-17)21-7-4-16-14-25-9-8-22(16)27-21/h2-11,14-15H,12-13H2,1H3,(H,28,30);2*1-11,14-15H,12-13H2,(H,27,29);1-9,12-14H,10-11H2,(H,26,29). The van der Waals surface area contributed by atoms with Crippen molar-refractivity contribution in [1.82, 2.24) is 24.9 Å². The predicted octanol–water partition coefficient (Wildman–Crippen LogP) is 18.5. The van der Waals surface area contributed by atoms with Crippen LogP contribution in [0.3, 0.4) is 0 Å². The molecule has 4 amide bonds. The van der Waals surface area contributed by atoms with Crippen LogP contribution in [0.5, 0.6) is 0 Å². The zero-order valence-electron chi connectivity index (χ0n) is 68.1. The highest BCUT2D eigenvalue weighted by atomic mass is 35.5. The Balaban J connectivity index is 0.000000121. The third-order valence-corrected chi connectivity index (χ3v) is 29.6. The van der Waals surface area contributed by atoms with Crippen LogP contribution in [0.15, 0.2) is 304 Å². The lowest BCUT2D eigenvalue weighted by molar-refractivity contribution is 0.101. The highest BCUT2D eigenvalue weighted by Gasteiger charge is 2.37. The highest BCUT2D eigenvalue weighted by Crippen LogP contribution is 2.38. The average Bonchev–Trinajstić information content (AvgIpc) is 0.780. The van der Waals surface area contributed by atoms with E-state index in [1.54, 1.807) is 79.5 Å². The molecule has 0 unspecified atom stereocenters. The number of hydrogen-bond donors (Lipinski definition) is 4. The molecule has 0 atom stereocenters. The Bertz CT molecular complexity index is 7490.